The van der Waals surface area contributed by atoms with Gasteiger partial charge in [0.2, 0.25) is 0 Å². The lowest BCUT2D eigenvalue weighted by Crippen LogP contribution is -2.60. The quantitative estimate of drug-likeness (QED) is 0.158. The minimum absolute atomic E-state index is 0.0781. The molecule has 0 spiro atoms. The predicted molar refractivity (Wildman–Crippen MR) is 199 cm³/mol. The lowest BCUT2D eigenvalue weighted by molar-refractivity contribution is -0.146. The first-order chi connectivity index (χ1) is 24.5. The first-order valence-corrected chi connectivity index (χ1v) is 17.6. The number of carbonyl (C=O) groups is 3. The van der Waals surface area contributed by atoms with E-state index in [-0.39, 0.29) is 25.4 Å². The van der Waals surface area contributed by atoms with E-state index in [1.54, 1.807) is 0 Å². The van der Waals surface area contributed by atoms with Crippen molar-refractivity contribution in [3.8, 4) is 11.1 Å². The number of carboxylic acids is 2. The number of rotatable bonds is 7. The lowest BCUT2D eigenvalue weighted by atomic mass is 9.87. The number of anilines is 2. The Labute approximate surface area is 306 Å². The van der Waals surface area contributed by atoms with Crippen LogP contribution in [0.4, 0.5) is 16.2 Å². The number of amides is 1. The van der Waals surface area contributed by atoms with E-state index in [9.17, 15) is 19.5 Å². The molecule has 2 fully saturated rings. The second kappa shape index (κ2) is 15.2. The maximum Gasteiger partial charge on any atom is 0.408 e. The molecule has 2 saturated heterocycles. The molecule has 7 rings (SSSR count). The zero-order valence-corrected chi connectivity index (χ0v) is 29.4. The SMILES string of the molecule is NC1(C(=O)O)CCN(c2ccc(Cl)cc2)CC1.O=C(NC1(C(=O)O)CCN(c2ccc(Cl)cc2)CC1)OCC1c2ccccc2-c2ccccc21. The van der Waals surface area contributed by atoms with Gasteiger partial charge in [0, 0.05) is 53.5 Å². The van der Waals surface area contributed by atoms with Crippen LogP contribution in [0.25, 0.3) is 11.1 Å². The third kappa shape index (κ3) is 7.93. The number of halogens is 2. The molecule has 12 heteroatoms. The lowest BCUT2D eigenvalue weighted by Gasteiger charge is -2.40. The number of benzene rings is 4. The average Bonchev–Trinajstić information content (AvgIpc) is 3.46. The van der Waals surface area contributed by atoms with Gasteiger partial charge in [0.05, 0.1) is 0 Å². The van der Waals surface area contributed by atoms with Crippen LogP contribution >= 0.6 is 23.2 Å². The molecular weight excluding hydrogens is 691 g/mol. The second-order valence-electron chi connectivity index (χ2n) is 13.2. The molecule has 0 unspecified atom stereocenters. The van der Waals surface area contributed by atoms with Crippen molar-refractivity contribution in [2.75, 3.05) is 42.6 Å². The number of aliphatic carboxylic acids is 2. The molecule has 2 heterocycles. The van der Waals surface area contributed by atoms with Gasteiger partial charge in [-0.05, 0) is 96.5 Å². The molecule has 0 bridgehead atoms. The fraction of sp³-hybridized carbons (Fsp3) is 0.308. The van der Waals surface area contributed by atoms with E-state index in [0.717, 1.165) is 33.6 Å². The molecule has 5 N–H and O–H groups in total. The third-order valence-corrected chi connectivity index (χ3v) is 10.7. The molecule has 266 valence electrons. The largest absolute Gasteiger partial charge is 0.480 e. The van der Waals surface area contributed by atoms with Gasteiger partial charge in [-0.15, -0.1) is 0 Å². The molecule has 10 nitrogen and oxygen atoms in total. The van der Waals surface area contributed by atoms with Gasteiger partial charge in [0.1, 0.15) is 17.7 Å². The number of piperidine rings is 2. The van der Waals surface area contributed by atoms with Gasteiger partial charge in [0.25, 0.3) is 0 Å². The van der Waals surface area contributed by atoms with Crippen LogP contribution in [0.1, 0.15) is 42.7 Å². The molecule has 1 aliphatic carbocycles. The summed E-state index contributed by atoms with van der Waals surface area (Å²) >= 11 is 11.8. The predicted octanol–water partition coefficient (Wildman–Crippen LogP) is 7.02. The van der Waals surface area contributed by atoms with E-state index < -0.39 is 29.1 Å². The van der Waals surface area contributed by atoms with E-state index in [1.807, 2.05) is 84.9 Å². The summed E-state index contributed by atoms with van der Waals surface area (Å²) < 4.78 is 5.60. The van der Waals surface area contributed by atoms with Gasteiger partial charge < -0.3 is 35.8 Å². The minimum atomic E-state index is -1.36. The molecular formula is C39H40Cl2N4O6. The summed E-state index contributed by atoms with van der Waals surface area (Å²) in [7, 11) is 0. The topological polar surface area (TPSA) is 145 Å². The average molecular weight is 732 g/mol. The number of nitrogens with two attached hydrogens (primary N) is 1. The minimum Gasteiger partial charge on any atom is -0.480 e. The van der Waals surface area contributed by atoms with Crippen molar-refractivity contribution < 1.29 is 29.3 Å². The van der Waals surface area contributed by atoms with E-state index in [0.29, 0.717) is 49.1 Å². The highest BCUT2D eigenvalue weighted by Crippen LogP contribution is 2.44. The molecule has 0 aromatic heterocycles. The number of fused-ring (bicyclic) bond motifs is 3. The van der Waals surface area contributed by atoms with Gasteiger partial charge in [-0.1, -0.05) is 71.7 Å². The standard InChI is InChI=1S/C27H25ClN2O4.C12H15ClN2O2/c28-18-9-11-19(12-10-18)30-15-13-27(14-16-30,25(31)32)29-26(33)34-17-24-22-7-3-1-5-20(22)21-6-2-4-8-23(21)24;13-9-1-3-10(4-2-9)15-7-5-12(14,6-8-15)11(16)17/h1-12,24H,13-17H2,(H,29,33)(H,31,32);1-4H,5-8,14H2,(H,16,17). The normalized spacial score (nSPS) is 17.3. The van der Waals surface area contributed by atoms with Crippen molar-refractivity contribution in [3.63, 3.8) is 0 Å². The number of ether oxygens (including phenoxy) is 1. The van der Waals surface area contributed by atoms with Gasteiger partial charge >= 0.3 is 18.0 Å². The van der Waals surface area contributed by atoms with Gasteiger partial charge in [-0.3, -0.25) is 4.79 Å². The molecule has 0 radical (unpaired) electrons. The molecule has 0 atom stereocenters. The van der Waals surface area contributed by atoms with Crippen LogP contribution < -0.4 is 20.9 Å². The molecule has 51 heavy (non-hydrogen) atoms. The number of carboxylic acid groups (broad SMARTS) is 2. The first-order valence-electron chi connectivity index (χ1n) is 16.9. The van der Waals surface area contributed by atoms with E-state index >= 15 is 0 Å². The van der Waals surface area contributed by atoms with Crippen LogP contribution in [-0.2, 0) is 14.3 Å². The molecule has 4 aromatic carbocycles. The summed E-state index contributed by atoms with van der Waals surface area (Å²) in [5.41, 5.74) is 9.94. The monoisotopic (exact) mass is 730 g/mol. The highest BCUT2D eigenvalue weighted by Gasteiger charge is 2.44. The molecule has 2 aliphatic heterocycles. The van der Waals surface area contributed by atoms with E-state index in [1.165, 1.54) is 0 Å². The summed E-state index contributed by atoms with van der Waals surface area (Å²) in [5.74, 6) is -2.03. The van der Waals surface area contributed by atoms with Crippen molar-refractivity contribution >= 4 is 52.6 Å². The Bertz CT molecular complexity index is 1830. The van der Waals surface area contributed by atoms with E-state index in [4.69, 9.17) is 38.8 Å². The summed E-state index contributed by atoms with van der Waals surface area (Å²) in [6.45, 7) is 2.45. The van der Waals surface area contributed by atoms with Crippen molar-refractivity contribution in [2.24, 2.45) is 5.73 Å². The Morgan fingerprint density at radius 2 is 1.12 bits per heavy atom. The van der Waals surface area contributed by atoms with Gasteiger partial charge in [-0.2, -0.15) is 0 Å². The summed E-state index contributed by atoms with van der Waals surface area (Å²) in [6, 6.07) is 31.2. The zero-order chi connectivity index (χ0) is 36.2. The molecule has 1 amide bonds. The Hall–Kier alpha value is -4.77. The summed E-state index contributed by atoms with van der Waals surface area (Å²) in [4.78, 5) is 40.2. The number of alkyl carbamates (subject to hydrolysis) is 1. The van der Waals surface area contributed by atoms with Gasteiger partial charge in [-0.25, -0.2) is 9.59 Å². The number of nitrogens with one attached hydrogen (secondary N) is 1. The third-order valence-electron chi connectivity index (χ3n) is 10.2. The van der Waals surface area contributed by atoms with Crippen molar-refractivity contribution in [1.29, 1.82) is 0 Å². The number of hydrogen-bond acceptors (Lipinski definition) is 7. The fourth-order valence-corrected chi connectivity index (χ4v) is 7.30. The van der Waals surface area contributed by atoms with Crippen LogP contribution in [0, 0.1) is 0 Å². The molecule has 4 aromatic rings. The van der Waals surface area contributed by atoms with Crippen molar-refractivity contribution in [2.45, 2.75) is 42.7 Å². The summed E-state index contributed by atoms with van der Waals surface area (Å²) in [5, 5.41) is 23.0. The Morgan fingerprint density at radius 1 is 0.686 bits per heavy atom. The zero-order valence-electron chi connectivity index (χ0n) is 27.9. The Morgan fingerprint density at radius 3 is 1.55 bits per heavy atom. The van der Waals surface area contributed by atoms with Crippen LogP contribution in [0.5, 0.6) is 0 Å². The van der Waals surface area contributed by atoms with Crippen molar-refractivity contribution in [1.82, 2.24) is 5.32 Å². The molecule has 3 aliphatic rings. The number of nitrogens with zero attached hydrogens (tertiary/aromatic N) is 2. The Kier molecular flexibility index (Phi) is 10.8. The first kappa shape index (κ1) is 36.0. The second-order valence-corrected chi connectivity index (χ2v) is 14.1. The fourth-order valence-electron chi connectivity index (χ4n) is 7.05. The van der Waals surface area contributed by atoms with Crippen LogP contribution in [0.3, 0.4) is 0 Å². The Balaban J connectivity index is 0.000000221. The summed E-state index contributed by atoms with van der Waals surface area (Å²) in [6.07, 6.45) is 0.768. The highest BCUT2D eigenvalue weighted by atomic mass is 35.5. The molecule has 0 saturated carbocycles. The van der Waals surface area contributed by atoms with Crippen molar-refractivity contribution in [3.05, 3.63) is 118 Å². The van der Waals surface area contributed by atoms with Crippen LogP contribution in [0.2, 0.25) is 10.0 Å². The van der Waals surface area contributed by atoms with Gasteiger partial charge in [0.15, 0.2) is 0 Å². The van der Waals surface area contributed by atoms with Crippen LogP contribution in [-0.4, -0.2) is 72.1 Å². The smallest absolute Gasteiger partial charge is 0.408 e. The number of carbonyl (C=O) groups excluding carboxylic acids is 1. The number of hydrogen-bond donors (Lipinski definition) is 4. The highest BCUT2D eigenvalue weighted by molar-refractivity contribution is 6.30. The van der Waals surface area contributed by atoms with E-state index in [2.05, 4.69) is 27.2 Å². The van der Waals surface area contributed by atoms with Crippen LogP contribution in [0.15, 0.2) is 97.1 Å². The maximum atomic E-state index is 12.8. The maximum absolute atomic E-state index is 12.8.